The fraction of sp³-hybridized carbons (Fsp3) is 0.267. The van der Waals surface area contributed by atoms with Crippen molar-refractivity contribution in [3.8, 4) is 0 Å². The smallest absolute Gasteiger partial charge is 0.219 e. The van der Waals surface area contributed by atoms with E-state index in [1.807, 2.05) is 0 Å². The summed E-state index contributed by atoms with van der Waals surface area (Å²) >= 11 is 0. The van der Waals surface area contributed by atoms with Gasteiger partial charge in [0.25, 0.3) is 0 Å². The Morgan fingerprint density at radius 1 is 1.19 bits per heavy atom. The van der Waals surface area contributed by atoms with E-state index in [-0.39, 0.29) is 17.3 Å². The van der Waals surface area contributed by atoms with Gasteiger partial charge in [0.1, 0.15) is 11.0 Å². The Morgan fingerprint density at radius 2 is 1.90 bits per heavy atom. The molecular weight excluding hydrogens is 290 g/mol. The van der Waals surface area contributed by atoms with Crippen LogP contribution < -0.4 is 5.32 Å². The largest absolute Gasteiger partial charge is 0.468 e. The summed E-state index contributed by atoms with van der Waals surface area (Å²) in [7, 11) is -3.64. The van der Waals surface area contributed by atoms with Crippen LogP contribution in [0.2, 0.25) is 0 Å². The van der Waals surface area contributed by atoms with E-state index in [2.05, 4.69) is 5.32 Å². The normalized spacial score (nSPS) is 12.8. The fourth-order valence-corrected chi connectivity index (χ4v) is 3.55. The minimum atomic E-state index is -3.64. The molecule has 0 aliphatic rings. The molecule has 0 saturated carbocycles. The minimum absolute atomic E-state index is 0.0165. The van der Waals surface area contributed by atoms with Crippen molar-refractivity contribution in [1.29, 1.82) is 0 Å². The third-order valence-corrected chi connectivity index (χ3v) is 5.19. The molecular formula is C15H17NO4S. The molecule has 2 aromatic rings. The summed E-state index contributed by atoms with van der Waals surface area (Å²) in [5, 5.41) is 1.68. The van der Waals surface area contributed by atoms with Gasteiger partial charge in [-0.15, -0.1) is 0 Å². The summed E-state index contributed by atoms with van der Waals surface area (Å²) in [5.41, 5.74) is 0. The number of sulfone groups is 1. The minimum Gasteiger partial charge on any atom is -0.468 e. The van der Waals surface area contributed by atoms with Gasteiger partial charge in [0.15, 0.2) is 9.84 Å². The van der Waals surface area contributed by atoms with E-state index < -0.39 is 15.1 Å². The lowest BCUT2D eigenvalue weighted by Crippen LogP contribution is -2.31. The van der Waals surface area contributed by atoms with Gasteiger partial charge in [-0.05, 0) is 24.3 Å². The Bertz CT molecular complexity index is 678. The molecule has 0 aliphatic carbocycles. The van der Waals surface area contributed by atoms with Crippen molar-refractivity contribution in [2.24, 2.45) is 0 Å². The predicted molar refractivity (Wildman–Crippen MR) is 78.4 cm³/mol. The predicted octanol–water partition coefficient (Wildman–Crippen LogP) is 2.32. The molecule has 0 bridgehead atoms. The van der Waals surface area contributed by atoms with E-state index in [0.717, 1.165) is 0 Å². The number of benzene rings is 1. The van der Waals surface area contributed by atoms with Crippen molar-refractivity contribution >= 4 is 15.7 Å². The third kappa shape index (κ3) is 3.52. The van der Waals surface area contributed by atoms with E-state index in [9.17, 15) is 13.2 Å². The first-order valence-electron chi connectivity index (χ1n) is 6.64. The van der Waals surface area contributed by atoms with Gasteiger partial charge in [-0.3, -0.25) is 4.79 Å². The van der Waals surface area contributed by atoms with Gasteiger partial charge in [-0.1, -0.05) is 25.1 Å². The van der Waals surface area contributed by atoms with Gasteiger partial charge >= 0.3 is 0 Å². The quantitative estimate of drug-likeness (QED) is 0.888. The summed E-state index contributed by atoms with van der Waals surface area (Å²) in [6.07, 6.45) is 1.72. The summed E-state index contributed by atoms with van der Waals surface area (Å²) < 4.78 is 30.7. The molecule has 0 spiro atoms. The Labute approximate surface area is 123 Å². The highest BCUT2D eigenvalue weighted by Crippen LogP contribution is 2.28. The van der Waals surface area contributed by atoms with Gasteiger partial charge in [-0.2, -0.15) is 0 Å². The van der Waals surface area contributed by atoms with E-state index in [1.165, 1.54) is 18.4 Å². The zero-order valence-corrected chi connectivity index (χ0v) is 12.5. The molecule has 1 atom stereocenters. The highest BCUT2D eigenvalue weighted by molar-refractivity contribution is 7.91. The average molecular weight is 307 g/mol. The molecule has 5 nitrogen and oxygen atoms in total. The van der Waals surface area contributed by atoms with Crippen molar-refractivity contribution in [2.45, 2.75) is 23.5 Å². The zero-order chi connectivity index (χ0) is 15.3. The van der Waals surface area contributed by atoms with Crippen LogP contribution in [0.5, 0.6) is 0 Å². The first-order valence-corrected chi connectivity index (χ1v) is 8.19. The lowest BCUT2D eigenvalue weighted by molar-refractivity contribution is -0.120. The van der Waals surface area contributed by atoms with Crippen LogP contribution in [-0.4, -0.2) is 20.9 Å². The Balaban J connectivity index is 2.33. The monoisotopic (exact) mass is 307 g/mol. The fourth-order valence-electron chi connectivity index (χ4n) is 1.94. The molecule has 0 radical (unpaired) electrons. The second-order valence-electron chi connectivity index (χ2n) is 4.52. The van der Waals surface area contributed by atoms with E-state index in [1.54, 1.807) is 37.3 Å². The van der Waals surface area contributed by atoms with Crippen LogP contribution in [0.15, 0.2) is 58.0 Å². The number of hydrogen-bond donors (Lipinski definition) is 1. The third-order valence-electron chi connectivity index (χ3n) is 3.11. The van der Waals surface area contributed by atoms with Crippen LogP contribution in [0.1, 0.15) is 24.4 Å². The van der Waals surface area contributed by atoms with Gasteiger partial charge in [-0.25, -0.2) is 8.42 Å². The average Bonchev–Trinajstić information content (AvgIpc) is 3.02. The molecule has 1 aromatic carbocycles. The molecule has 1 heterocycles. The Hall–Kier alpha value is -2.08. The summed E-state index contributed by atoms with van der Waals surface area (Å²) in [6.45, 7) is 1.69. The molecule has 6 heteroatoms. The second kappa shape index (κ2) is 6.58. The molecule has 21 heavy (non-hydrogen) atoms. The Kier molecular flexibility index (Phi) is 4.80. The summed E-state index contributed by atoms with van der Waals surface area (Å²) in [5.74, 6) is 0.116. The molecule has 0 saturated heterocycles. The highest BCUT2D eigenvalue weighted by atomic mass is 32.2. The number of nitrogens with one attached hydrogen (secondary N) is 1. The second-order valence-corrected chi connectivity index (χ2v) is 6.65. The Morgan fingerprint density at radius 3 is 2.48 bits per heavy atom. The van der Waals surface area contributed by atoms with Gasteiger partial charge in [0, 0.05) is 13.0 Å². The summed E-state index contributed by atoms with van der Waals surface area (Å²) in [6, 6.07) is 11.4. The van der Waals surface area contributed by atoms with Crippen molar-refractivity contribution in [3.63, 3.8) is 0 Å². The highest BCUT2D eigenvalue weighted by Gasteiger charge is 2.31. The molecule has 2 rings (SSSR count). The van der Waals surface area contributed by atoms with Crippen LogP contribution in [-0.2, 0) is 14.6 Å². The number of hydrogen-bond acceptors (Lipinski definition) is 4. The zero-order valence-electron chi connectivity index (χ0n) is 11.7. The lowest BCUT2D eigenvalue weighted by atomic mass is 10.3. The van der Waals surface area contributed by atoms with Crippen LogP contribution in [0, 0.1) is 0 Å². The van der Waals surface area contributed by atoms with Crippen LogP contribution in [0.4, 0.5) is 0 Å². The topological polar surface area (TPSA) is 76.4 Å². The van der Waals surface area contributed by atoms with Crippen molar-refractivity contribution in [2.75, 3.05) is 6.54 Å². The molecule has 1 unspecified atom stereocenters. The van der Waals surface area contributed by atoms with E-state index >= 15 is 0 Å². The molecule has 0 aliphatic heterocycles. The van der Waals surface area contributed by atoms with E-state index in [4.69, 9.17) is 4.42 Å². The number of furan rings is 1. The molecule has 0 fully saturated rings. The molecule has 1 aromatic heterocycles. The van der Waals surface area contributed by atoms with Crippen molar-refractivity contribution in [3.05, 3.63) is 54.5 Å². The van der Waals surface area contributed by atoms with Gasteiger partial charge in [0.2, 0.25) is 5.91 Å². The molecule has 112 valence electrons. The maximum Gasteiger partial charge on any atom is 0.219 e. The maximum absolute atomic E-state index is 12.7. The summed E-state index contributed by atoms with van der Waals surface area (Å²) in [4.78, 5) is 11.6. The van der Waals surface area contributed by atoms with Crippen molar-refractivity contribution in [1.82, 2.24) is 5.32 Å². The standard InChI is InChI=1S/C15H17NO4S/c1-2-15(17)16-11-14(13-9-6-10-20-13)21(18,19)12-7-4-3-5-8-12/h3-10,14H,2,11H2,1H3,(H,16,17). The van der Waals surface area contributed by atoms with Gasteiger partial charge < -0.3 is 9.73 Å². The first-order chi connectivity index (χ1) is 10.1. The van der Waals surface area contributed by atoms with Crippen LogP contribution >= 0.6 is 0 Å². The van der Waals surface area contributed by atoms with Crippen LogP contribution in [0.25, 0.3) is 0 Å². The number of carbonyl (C=O) groups excluding carboxylic acids is 1. The van der Waals surface area contributed by atoms with Crippen LogP contribution in [0.3, 0.4) is 0 Å². The molecule has 1 amide bonds. The number of amides is 1. The van der Waals surface area contributed by atoms with E-state index in [0.29, 0.717) is 12.2 Å². The first kappa shape index (κ1) is 15.3. The molecule has 1 N–H and O–H groups in total. The van der Waals surface area contributed by atoms with Gasteiger partial charge in [0.05, 0.1) is 11.2 Å². The number of carbonyl (C=O) groups is 1. The maximum atomic E-state index is 12.7. The number of rotatable bonds is 6. The lowest BCUT2D eigenvalue weighted by Gasteiger charge is -2.16. The van der Waals surface area contributed by atoms with Crippen molar-refractivity contribution < 1.29 is 17.6 Å². The SMILES string of the molecule is CCC(=O)NCC(c1ccco1)S(=O)(=O)c1ccccc1.